The Bertz CT molecular complexity index is 657. The first-order valence-corrected chi connectivity index (χ1v) is 8.11. The van der Waals surface area contributed by atoms with Gasteiger partial charge in [0.2, 0.25) is 0 Å². The molecule has 0 aliphatic rings. The second-order valence-corrected chi connectivity index (χ2v) is 7.36. The molecule has 0 fully saturated rings. The Morgan fingerprint density at radius 3 is 2.24 bits per heavy atom. The minimum atomic E-state index is 0.201. The number of nitrogens with zero attached hydrogens (tertiary/aromatic N) is 1. The summed E-state index contributed by atoms with van der Waals surface area (Å²) in [6, 6.07) is 16.9. The van der Waals surface area contributed by atoms with E-state index in [2.05, 4.69) is 64.1 Å². The number of nitriles is 1. The molecule has 0 atom stereocenters. The smallest absolute Gasteiger partial charge is 0.0991 e. The molecular weight excluding hydrogens is 274 g/mol. The molecule has 0 saturated carbocycles. The maximum Gasteiger partial charge on any atom is 0.0991 e. The highest BCUT2D eigenvalue weighted by Crippen LogP contribution is 2.28. The van der Waals surface area contributed by atoms with Crippen molar-refractivity contribution in [3.8, 4) is 6.07 Å². The summed E-state index contributed by atoms with van der Waals surface area (Å²) in [6.07, 6.45) is 0. The van der Waals surface area contributed by atoms with Gasteiger partial charge in [0.1, 0.15) is 0 Å². The Morgan fingerprint density at radius 1 is 1.05 bits per heavy atom. The molecule has 1 nitrogen and oxygen atoms in total. The molecule has 2 heteroatoms. The SMILES string of the molecule is Cc1cc(C#N)ccc1CSc1ccc(C(C)(C)C)cc1. The van der Waals surface area contributed by atoms with Crippen LogP contribution in [0, 0.1) is 18.3 Å². The molecule has 21 heavy (non-hydrogen) atoms. The van der Waals surface area contributed by atoms with Crippen LogP contribution in [0.1, 0.15) is 43.0 Å². The first-order valence-electron chi connectivity index (χ1n) is 7.13. The van der Waals surface area contributed by atoms with Crippen LogP contribution in [0.4, 0.5) is 0 Å². The maximum atomic E-state index is 8.90. The molecule has 0 saturated heterocycles. The summed E-state index contributed by atoms with van der Waals surface area (Å²) in [6.45, 7) is 8.76. The van der Waals surface area contributed by atoms with E-state index in [1.807, 2.05) is 23.9 Å². The highest BCUT2D eigenvalue weighted by molar-refractivity contribution is 7.98. The molecule has 0 aliphatic heterocycles. The number of rotatable bonds is 3. The van der Waals surface area contributed by atoms with Crippen LogP contribution in [0.5, 0.6) is 0 Å². The van der Waals surface area contributed by atoms with Gasteiger partial charge in [0.25, 0.3) is 0 Å². The molecule has 0 aromatic heterocycles. The number of thioether (sulfide) groups is 1. The van der Waals surface area contributed by atoms with Gasteiger partial charge in [-0.3, -0.25) is 0 Å². The van der Waals surface area contributed by atoms with Gasteiger partial charge in [0, 0.05) is 10.6 Å². The Kier molecular flexibility index (Phi) is 4.75. The Morgan fingerprint density at radius 2 is 1.71 bits per heavy atom. The summed E-state index contributed by atoms with van der Waals surface area (Å²) < 4.78 is 0. The van der Waals surface area contributed by atoms with E-state index in [4.69, 9.17) is 5.26 Å². The van der Waals surface area contributed by atoms with Gasteiger partial charge in [-0.25, -0.2) is 0 Å². The van der Waals surface area contributed by atoms with Gasteiger partial charge in [-0.2, -0.15) is 5.26 Å². The minimum absolute atomic E-state index is 0.201. The van der Waals surface area contributed by atoms with Crippen LogP contribution in [0.15, 0.2) is 47.4 Å². The third kappa shape index (κ3) is 4.12. The van der Waals surface area contributed by atoms with Gasteiger partial charge in [0.15, 0.2) is 0 Å². The highest BCUT2D eigenvalue weighted by atomic mass is 32.2. The second kappa shape index (κ2) is 6.37. The van der Waals surface area contributed by atoms with Crippen molar-refractivity contribution < 1.29 is 0 Å². The van der Waals surface area contributed by atoms with Crippen LogP contribution in [-0.4, -0.2) is 0 Å². The van der Waals surface area contributed by atoms with Crippen molar-refractivity contribution in [2.75, 3.05) is 0 Å². The van der Waals surface area contributed by atoms with E-state index in [-0.39, 0.29) is 5.41 Å². The molecule has 0 amide bonds. The fraction of sp³-hybridized carbons (Fsp3) is 0.316. The summed E-state index contributed by atoms with van der Waals surface area (Å²) >= 11 is 1.84. The lowest BCUT2D eigenvalue weighted by Crippen LogP contribution is -2.10. The summed E-state index contributed by atoms with van der Waals surface area (Å²) in [5.74, 6) is 0.937. The molecule has 108 valence electrons. The summed E-state index contributed by atoms with van der Waals surface area (Å²) in [4.78, 5) is 1.28. The lowest BCUT2D eigenvalue weighted by Gasteiger charge is -2.19. The molecule has 0 aliphatic carbocycles. The zero-order valence-corrected chi connectivity index (χ0v) is 13.9. The average molecular weight is 295 g/mol. The molecule has 0 N–H and O–H groups in total. The third-order valence-corrected chi connectivity index (χ3v) is 4.65. The molecule has 0 bridgehead atoms. The Balaban J connectivity index is 2.05. The molecule has 0 heterocycles. The standard InChI is InChI=1S/C19H21NS/c1-14-11-15(12-20)5-6-16(14)13-21-18-9-7-17(8-10-18)19(2,3)4/h5-11H,13H2,1-4H3. The van der Waals surface area contributed by atoms with E-state index in [0.717, 1.165) is 11.3 Å². The van der Waals surface area contributed by atoms with Crippen molar-refractivity contribution in [2.24, 2.45) is 0 Å². The van der Waals surface area contributed by atoms with E-state index >= 15 is 0 Å². The second-order valence-electron chi connectivity index (χ2n) is 6.32. The molecular formula is C19H21NS. The molecule has 0 spiro atoms. The Hall–Kier alpha value is -1.72. The van der Waals surface area contributed by atoms with Gasteiger partial charge in [-0.1, -0.05) is 39.0 Å². The van der Waals surface area contributed by atoms with Gasteiger partial charge >= 0.3 is 0 Å². The largest absolute Gasteiger partial charge is 0.192 e. The lowest BCUT2D eigenvalue weighted by molar-refractivity contribution is 0.590. The average Bonchev–Trinajstić information content (AvgIpc) is 2.45. The summed E-state index contributed by atoms with van der Waals surface area (Å²) in [7, 11) is 0. The van der Waals surface area contributed by atoms with Crippen molar-refractivity contribution in [2.45, 2.75) is 43.8 Å². The van der Waals surface area contributed by atoms with Crippen molar-refractivity contribution in [3.63, 3.8) is 0 Å². The zero-order valence-electron chi connectivity index (χ0n) is 13.1. The van der Waals surface area contributed by atoms with Crippen LogP contribution in [-0.2, 0) is 11.2 Å². The first kappa shape index (κ1) is 15.7. The van der Waals surface area contributed by atoms with Crippen molar-refractivity contribution in [1.29, 1.82) is 5.26 Å². The normalized spacial score (nSPS) is 11.2. The topological polar surface area (TPSA) is 23.8 Å². The summed E-state index contributed by atoms with van der Waals surface area (Å²) in [5, 5.41) is 8.90. The maximum absolute atomic E-state index is 8.90. The summed E-state index contributed by atoms with van der Waals surface area (Å²) in [5.41, 5.74) is 4.77. The molecule has 0 radical (unpaired) electrons. The van der Waals surface area contributed by atoms with Crippen molar-refractivity contribution >= 4 is 11.8 Å². The number of hydrogen-bond acceptors (Lipinski definition) is 2. The van der Waals surface area contributed by atoms with Gasteiger partial charge < -0.3 is 0 Å². The molecule has 0 unspecified atom stereocenters. The number of aryl methyl sites for hydroxylation is 1. The van der Waals surface area contributed by atoms with Gasteiger partial charge in [0.05, 0.1) is 11.6 Å². The highest BCUT2D eigenvalue weighted by Gasteiger charge is 2.12. The number of hydrogen-bond donors (Lipinski definition) is 0. The fourth-order valence-corrected chi connectivity index (χ4v) is 3.11. The van der Waals surface area contributed by atoms with E-state index in [1.54, 1.807) is 0 Å². The van der Waals surface area contributed by atoms with Crippen LogP contribution in [0.2, 0.25) is 0 Å². The van der Waals surface area contributed by atoms with Crippen LogP contribution in [0.3, 0.4) is 0 Å². The fourth-order valence-electron chi connectivity index (χ4n) is 2.14. The van der Waals surface area contributed by atoms with E-state index < -0.39 is 0 Å². The van der Waals surface area contributed by atoms with E-state index in [0.29, 0.717) is 0 Å². The van der Waals surface area contributed by atoms with Crippen LogP contribution in [0.25, 0.3) is 0 Å². The van der Waals surface area contributed by atoms with Crippen LogP contribution < -0.4 is 0 Å². The van der Waals surface area contributed by atoms with Crippen molar-refractivity contribution in [3.05, 3.63) is 64.7 Å². The molecule has 2 aromatic carbocycles. The minimum Gasteiger partial charge on any atom is -0.192 e. The predicted octanol–water partition coefficient (Wildman–Crippen LogP) is 5.46. The Labute approximate surface area is 132 Å². The predicted molar refractivity (Wildman–Crippen MR) is 90.6 cm³/mol. The number of benzene rings is 2. The first-order chi connectivity index (χ1) is 9.90. The monoisotopic (exact) mass is 295 g/mol. The lowest BCUT2D eigenvalue weighted by atomic mass is 9.87. The van der Waals surface area contributed by atoms with Crippen LogP contribution >= 0.6 is 11.8 Å². The van der Waals surface area contributed by atoms with Gasteiger partial charge in [-0.05, 0) is 53.3 Å². The zero-order chi connectivity index (χ0) is 15.5. The van der Waals surface area contributed by atoms with Crippen molar-refractivity contribution in [1.82, 2.24) is 0 Å². The molecule has 2 aromatic rings. The quantitative estimate of drug-likeness (QED) is 0.702. The van der Waals surface area contributed by atoms with Gasteiger partial charge in [-0.15, -0.1) is 11.8 Å². The third-order valence-electron chi connectivity index (χ3n) is 3.59. The molecule has 2 rings (SSSR count). The van der Waals surface area contributed by atoms with E-state index in [9.17, 15) is 0 Å². The van der Waals surface area contributed by atoms with E-state index in [1.165, 1.54) is 21.6 Å².